The molecule has 1 aliphatic heterocycles. The Morgan fingerprint density at radius 1 is 1.09 bits per heavy atom. The molecule has 1 aliphatic carbocycles. The number of carbonyl (C=O) groups is 2. The summed E-state index contributed by atoms with van der Waals surface area (Å²) in [4.78, 5) is 27.5. The Labute approximate surface area is 193 Å². The summed E-state index contributed by atoms with van der Waals surface area (Å²) in [6, 6.07) is 1.05. The molecule has 2 heterocycles. The molecule has 3 rings (SSSR count). The molecule has 1 unspecified atom stereocenters. The van der Waals surface area contributed by atoms with E-state index in [0.29, 0.717) is 12.1 Å². The fourth-order valence-electron chi connectivity index (χ4n) is 3.05. The number of fused-ring (bicyclic) bond motifs is 1. The van der Waals surface area contributed by atoms with Crippen LogP contribution in [0.3, 0.4) is 0 Å². The molecule has 1 fully saturated rings. The van der Waals surface area contributed by atoms with E-state index in [0.717, 1.165) is 19.0 Å². The summed E-state index contributed by atoms with van der Waals surface area (Å²) in [5.41, 5.74) is 1.37. The molecule has 2 N–H and O–H groups in total. The maximum atomic E-state index is 10.6. The zero-order chi connectivity index (χ0) is 26.4. The van der Waals surface area contributed by atoms with E-state index in [2.05, 4.69) is 48.4 Å². The van der Waals surface area contributed by atoms with E-state index in [9.17, 15) is 26.3 Å². The molecule has 0 aromatic carbocycles. The third kappa shape index (κ3) is 9.49. The van der Waals surface area contributed by atoms with Gasteiger partial charge < -0.3 is 14.8 Å². The van der Waals surface area contributed by atoms with Crippen LogP contribution in [0.1, 0.15) is 51.2 Å². The van der Waals surface area contributed by atoms with Gasteiger partial charge in [-0.05, 0) is 46.6 Å². The topological polar surface area (TPSA) is 98.9 Å². The van der Waals surface area contributed by atoms with Gasteiger partial charge in [-0.25, -0.2) is 14.6 Å². The lowest BCUT2D eigenvalue weighted by Gasteiger charge is -2.35. The molecule has 0 amide bonds. The predicted octanol–water partition coefficient (Wildman–Crippen LogP) is 3.78. The highest BCUT2D eigenvalue weighted by atomic mass is 19.4. The number of aliphatic carboxylic acids is 2. The molecule has 1 atom stereocenters. The highest BCUT2D eigenvalue weighted by Crippen LogP contribution is 2.34. The summed E-state index contributed by atoms with van der Waals surface area (Å²) in [5, 5.41) is 14.2. The standard InChI is InChI=1S/C16H28N4.2C2HF3O2/c1-12(2)18(4)11-15-9-17-16-13(3)19(7-8-20(15)16)10-14-5-6-14;2*3-2(4,5)1(6)7/h9,12-14H,5-8,10-11H2,1-4H3;2*(H,6,7). The Bertz CT molecular complexity index is 797. The number of aromatic nitrogens is 2. The summed E-state index contributed by atoms with van der Waals surface area (Å²) in [7, 11) is 2.19. The number of hydrogen-bond acceptors (Lipinski definition) is 5. The Morgan fingerprint density at radius 2 is 1.56 bits per heavy atom. The minimum absolute atomic E-state index is 0.474. The Hall–Kier alpha value is -2.35. The van der Waals surface area contributed by atoms with Gasteiger partial charge >= 0.3 is 24.3 Å². The van der Waals surface area contributed by atoms with Crippen molar-refractivity contribution in [1.82, 2.24) is 19.4 Å². The number of halogens is 6. The fourth-order valence-corrected chi connectivity index (χ4v) is 3.05. The highest BCUT2D eigenvalue weighted by molar-refractivity contribution is 5.73. The first-order valence-electron chi connectivity index (χ1n) is 10.5. The summed E-state index contributed by atoms with van der Waals surface area (Å²) < 4.78 is 65.9. The molecule has 8 nitrogen and oxygen atoms in total. The second-order valence-corrected chi connectivity index (χ2v) is 8.49. The third-order valence-electron chi connectivity index (χ3n) is 5.47. The first-order valence-corrected chi connectivity index (χ1v) is 10.5. The number of hydrogen-bond donors (Lipinski definition) is 2. The lowest BCUT2D eigenvalue weighted by atomic mass is 10.2. The summed E-state index contributed by atoms with van der Waals surface area (Å²) in [6.45, 7) is 11.4. The first kappa shape index (κ1) is 29.7. The number of carboxylic acids is 2. The van der Waals surface area contributed by atoms with Crippen molar-refractivity contribution in [2.75, 3.05) is 20.1 Å². The van der Waals surface area contributed by atoms with E-state index < -0.39 is 24.3 Å². The van der Waals surface area contributed by atoms with Crippen LogP contribution in [0.5, 0.6) is 0 Å². The first-order chi connectivity index (χ1) is 15.4. The van der Waals surface area contributed by atoms with Gasteiger partial charge in [0.25, 0.3) is 0 Å². The molecule has 14 heteroatoms. The van der Waals surface area contributed by atoms with Gasteiger partial charge in [-0.2, -0.15) is 26.3 Å². The van der Waals surface area contributed by atoms with Gasteiger partial charge in [0.2, 0.25) is 0 Å². The van der Waals surface area contributed by atoms with Crippen LogP contribution in [0, 0.1) is 5.92 Å². The molecule has 196 valence electrons. The van der Waals surface area contributed by atoms with Gasteiger partial charge in [0.1, 0.15) is 5.82 Å². The van der Waals surface area contributed by atoms with E-state index in [1.165, 1.54) is 37.4 Å². The van der Waals surface area contributed by atoms with Crippen LogP contribution in [-0.4, -0.2) is 80.0 Å². The number of nitrogens with zero attached hydrogens (tertiary/aromatic N) is 4. The van der Waals surface area contributed by atoms with Crippen LogP contribution in [0.2, 0.25) is 0 Å². The summed E-state index contributed by atoms with van der Waals surface area (Å²) in [6.07, 6.45) is -5.21. The number of rotatable bonds is 5. The average Bonchev–Trinajstić information content (AvgIpc) is 3.42. The van der Waals surface area contributed by atoms with E-state index in [-0.39, 0.29) is 0 Å². The lowest BCUT2D eigenvalue weighted by Crippen LogP contribution is -2.39. The molecule has 1 aromatic heterocycles. The number of carboxylic acid groups (broad SMARTS) is 2. The Morgan fingerprint density at radius 3 is 1.94 bits per heavy atom. The molecule has 0 spiro atoms. The SMILES string of the molecule is CC(C)N(C)Cc1cnc2n1CCN(CC1CC1)C2C.O=C(O)C(F)(F)F.O=C(O)C(F)(F)F. The Balaban J connectivity index is 0.000000343. The van der Waals surface area contributed by atoms with Crippen molar-refractivity contribution in [2.45, 2.75) is 71.1 Å². The van der Waals surface area contributed by atoms with Crippen LogP contribution < -0.4 is 0 Å². The normalized spacial score (nSPS) is 18.5. The van der Waals surface area contributed by atoms with Crippen LogP contribution in [-0.2, 0) is 22.7 Å². The number of alkyl halides is 6. The summed E-state index contributed by atoms with van der Waals surface area (Å²) in [5.74, 6) is -3.28. The van der Waals surface area contributed by atoms with Gasteiger partial charge in [-0.3, -0.25) is 9.80 Å². The molecule has 1 aromatic rings. The summed E-state index contributed by atoms with van der Waals surface area (Å²) >= 11 is 0. The van der Waals surface area contributed by atoms with Crippen molar-refractivity contribution in [2.24, 2.45) is 5.92 Å². The molecular formula is C20H30F6N4O4. The van der Waals surface area contributed by atoms with Crippen molar-refractivity contribution < 1.29 is 46.1 Å². The van der Waals surface area contributed by atoms with Crippen LogP contribution in [0.25, 0.3) is 0 Å². The van der Waals surface area contributed by atoms with Gasteiger partial charge in [0.15, 0.2) is 0 Å². The fraction of sp³-hybridized carbons (Fsp3) is 0.750. The third-order valence-corrected chi connectivity index (χ3v) is 5.47. The maximum Gasteiger partial charge on any atom is 0.490 e. The second kappa shape index (κ2) is 11.9. The van der Waals surface area contributed by atoms with Crippen LogP contribution >= 0.6 is 0 Å². The molecule has 34 heavy (non-hydrogen) atoms. The zero-order valence-electron chi connectivity index (χ0n) is 19.3. The monoisotopic (exact) mass is 504 g/mol. The minimum Gasteiger partial charge on any atom is -0.475 e. The lowest BCUT2D eigenvalue weighted by molar-refractivity contribution is -0.193. The molecule has 2 aliphatic rings. The van der Waals surface area contributed by atoms with Crippen LogP contribution in [0.4, 0.5) is 26.3 Å². The van der Waals surface area contributed by atoms with Crippen molar-refractivity contribution in [3.05, 3.63) is 17.7 Å². The molecule has 0 bridgehead atoms. The molecular weight excluding hydrogens is 474 g/mol. The van der Waals surface area contributed by atoms with Crippen molar-refractivity contribution in [3.63, 3.8) is 0 Å². The number of imidazole rings is 1. The van der Waals surface area contributed by atoms with Gasteiger partial charge in [-0.1, -0.05) is 0 Å². The van der Waals surface area contributed by atoms with Crippen LogP contribution in [0.15, 0.2) is 6.20 Å². The minimum atomic E-state index is -5.08. The molecule has 1 saturated carbocycles. The predicted molar refractivity (Wildman–Crippen MR) is 109 cm³/mol. The molecule has 0 radical (unpaired) electrons. The van der Waals surface area contributed by atoms with E-state index in [1.54, 1.807) is 0 Å². The largest absolute Gasteiger partial charge is 0.490 e. The smallest absolute Gasteiger partial charge is 0.475 e. The maximum absolute atomic E-state index is 10.6. The van der Waals surface area contributed by atoms with Gasteiger partial charge in [0, 0.05) is 38.4 Å². The zero-order valence-corrected chi connectivity index (χ0v) is 19.3. The van der Waals surface area contributed by atoms with Gasteiger partial charge in [-0.15, -0.1) is 0 Å². The molecule has 0 saturated heterocycles. The van der Waals surface area contributed by atoms with Crippen molar-refractivity contribution >= 4 is 11.9 Å². The van der Waals surface area contributed by atoms with E-state index in [4.69, 9.17) is 24.8 Å². The quantitative estimate of drug-likeness (QED) is 0.589. The average molecular weight is 504 g/mol. The second-order valence-electron chi connectivity index (χ2n) is 8.49. The van der Waals surface area contributed by atoms with E-state index in [1.807, 2.05) is 0 Å². The van der Waals surface area contributed by atoms with E-state index >= 15 is 0 Å². The van der Waals surface area contributed by atoms with Crippen molar-refractivity contribution in [3.8, 4) is 0 Å². The van der Waals surface area contributed by atoms with Crippen molar-refractivity contribution in [1.29, 1.82) is 0 Å². The Kier molecular flexibility index (Phi) is 10.4. The highest BCUT2D eigenvalue weighted by Gasteiger charge is 2.39. The van der Waals surface area contributed by atoms with Gasteiger partial charge in [0.05, 0.1) is 11.7 Å².